The summed E-state index contributed by atoms with van der Waals surface area (Å²) in [6, 6.07) is 24.8. The first-order valence-electron chi connectivity index (χ1n) is 9.36. The van der Waals surface area contributed by atoms with Gasteiger partial charge in [-0.25, -0.2) is 0 Å². The summed E-state index contributed by atoms with van der Waals surface area (Å²) < 4.78 is 11.6. The average molecular weight is 387 g/mol. The monoisotopic (exact) mass is 387 g/mol. The number of H-pyrrole nitrogens is 1. The summed E-state index contributed by atoms with van der Waals surface area (Å²) in [6.07, 6.45) is -0.665. The van der Waals surface area contributed by atoms with Gasteiger partial charge in [-0.15, -0.1) is 0 Å². The van der Waals surface area contributed by atoms with Crippen LogP contribution >= 0.6 is 0 Å². The second-order valence-corrected chi connectivity index (χ2v) is 6.62. The van der Waals surface area contributed by atoms with E-state index in [9.17, 15) is 4.79 Å². The third-order valence-corrected chi connectivity index (χ3v) is 4.45. The number of aromatic nitrogens is 2. The minimum absolute atomic E-state index is 0.280. The van der Waals surface area contributed by atoms with Crippen LogP contribution in [0.2, 0.25) is 0 Å². The fourth-order valence-electron chi connectivity index (χ4n) is 2.89. The molecular formula is C23H21N3O3. The Morgan fingerprint density at radius 1 is 1.00 bits per heavy atom. The van der Waals surface area contributed by atoms with Gasteiger partial charge in [-0.2, -0.15) is 5.10 Å². The smallest absolute Gasteiger partial charge is 0.266 e. The van der Waals surface area contributed by atoms with E-state index in [-0.39, 0.29) is 5.91 Å². The molecule has 2 N–H and O–H groups in total. The van der Waals surface area contributed by atoms with E-state index in [1.807, 2.05) is 78.9 Å². The molecule has 1 heterocycles. The van der Waals surface area contributed by atoms with Crippen molar-refractivity contribution in [1.29, 1.82) is 0 Å². The van der Waals surface area contributed by atoms with Gasteiger partial charge in [0, 0.05) is 5.39 Å². The van der Waals surface area contributed by atoms with E-state index in [0.717, 1.165) is 16.5 Å². The lowest BCUT2D eigenvalue weighted by Gasteiger charge is -2.14. The molecular weight excluding hydrogens is 366 g/mol. The Morgan fingerprint density at radius 3 is 2.48 bits per heavy atom. The fourth-order valence-corrected chi connectivity index (χ4v) is 2.89. The maximum Gasteiger partial charge on any atom is 0.266 e. The van der Waals surface area contributed by atoms with Crippen molar-refractivity contribution in [3.63, 3.8) is 0 Å². The van der Waals surface area contributed by atoms with Gasteiger partial charge in [0.05, 0.1) is 5.52 Å². The highest BCUT2D eigenvalue weighted by molar-refractivity contribution is 6.01. The third-order valence-electron chi connectivity index (χ3n) is 4.45. The van der Waals surface area contributed by atoms with Crippen LogP contribution in [0, 0.1) is 0 Å². The molecule has 0 aliphatic heterocycles. The van der Waals surface area contributed by atoms with E-state index in [0.29, 0.717) is 23.9 Å². The summed E-state index contributed by atoms with van der Waals surface area (Å²) in [5, 5.41) is 10.7. The number of ether oxygens (including phenoxy) is 2. The highest BCUT2D eigenvalue weighted by Gasteiger charge is 2.17. The molecule has 1 amide bonds. The second-order valence-electron chi connectivity index (χ2n) is 6.62. The van der Waals surface area contributed by atoms with E-state index < -0.39 is 6.10 Å². The van der Waals surface area contributed by atoms with Gasteiger partial charge in [0.1, 0.15) is 18.1 Å². The maximum absolute atomic E-state index is 12.5. The average Bonchev–Trinajstić information content (AvgIpc) is 3.15. The molecule has 6 nitrogen and oxygen atoms in total. The predicted molar refractivity (Wildman–Crippen MR) is 112 cm³/mol. The molecule has 0 radical (unpaired) electrons. The van der Waals surface area contributed by atoms with Crippen LogP contribution in [0.15, 0.2) is 78.9 Å². The zero-order chi connectivity index (χ0) is 20.1. The van der Waals surface area contributed by atoms with Gasteiger partial charge < -0.3 is 14.8 Å². The van der Waals surface area contributed by atoms with Crippen molar-refractivity contribution in [2.24, 2.45) is 0 Å². The minimum atomic E-state index is -0.665. The fraction of sp³-hybridized carbons (Fsp3) is 0.130. The molecule has 1 unspecified atom stereocenters. The van der Waals surface area contributed by atoms with Crippen LogP contribution in [0.5, 0.6) is 11.5 Å². The quantitative estimate of drug-likeness (QED) is 0.488. The van der Waals surface area contributed by atoms with E-state index in [1.165, 1.54) is 0 Å². The predicted octanol–water partition coefficient (Wildman–Crippen LogP) is 4.55. The van der Waals surface area contributed by atoms with Crippen LogP contribution in [-0.2, 0) is 11.4 Å². The highest BCUT2D eigenvalue weighted by Crippen LogP contribution is 2.26. The third kappa shape index (κ3) is 4.55. The summed E-state index contributed by atoms with van der Waals surface area (Å²) in [5.74, 6) is 1.50. The van der Waals surface area contributed by atoms with Crippen molar-refractivity contribution in [3.8, 4) is 11.5 Å². The SMILES string of the molecule is CC(Oc1ccccc1)C(=O)Nc1n[nH]c2ccc(OCc3ccccc3)cc12. The number of hydrogen-bond acceptors (Lipinski definition) is 4. The first kappa shape index (κ1) is 18.6. The molecule has 0 aliphatic carbocycles. The summed E-state index contributed by atoms with van der Waals surface area (Å²) in [5.41, 5.74) is 1.89. The molecule has 3 aromatic carbocycles. The van der Waals surface area contributed by atoms with Crippen molar-refractivity contribution in [3.05, 3.63) is 84.4 Å². The van der Waals surface area contributed by atoms with Gasteiger partial charge in [0.2, 0.25) is 0 Å². The summed E-state index contributed by atoms with van der Waals surface area (Å²) in [7, 11) is 0. The minimum Gasteiger partial charge on any atom is -0.489 e. The van der Waals surface area contributed by atoms with Crippen molar-refractivity contribution in [1.82, 2.24) is 10.2 Å². The van der Waals surface area contributed by atoms with Gasteiger partial charge in [0.25, 0.3) is 5.91 Å². The molecule has 0 aliphatic rings. The molecule has 29 heavy (non-hydrogen) atoms. The number of carbonyl (C=O) groups excluding carboxylic acids is 1. The molecule has 1 atom stereocenters. The Hall–Kier alpha value is -3.80. The Balaban J connectivity index is 1.45. The van der Waals surface area contributed by atoms with E-state index in [4.69, 9.17) is 9.47 Å². The second kappa shape index (κ2) is 8.48. The molecule has 146 valence electrons. The molecule has 1 aromatic heterocycles. The number of nitrogens with one attached hydrogen (secondary N) is 2. The first-order chi connectivity index (χ1) is 14.2. The van der Waals surface area contributed by atoms with Gasteiger partial charge in [-0.3, -0.25) is 9.89 Å². The van der Waals surface area contributed by atoms with Gasteiger partial charge in [-0.05, 0) is 42.8 Å². The number of amides is 1. The number of hydrogen-bond donors (Lipinski definition) is 2. The molecule has 4 aromatic rings. The molecule has 0 spiro atoms. The molecule has 0 saturated heterocycles. The lowest BCUT2D eigenvalue weighted by Crippen LogP contribution is -2.30. The molecule has 0 saturated carbocycles. The zero-order valence-electron chi connectivity index (χ0n) is 16.0. The van der Waals surface area contributed by atoms with Crippen LogP contribution in [0.25, 0.3) is 10.9 Å². The summed E-state index contributed by atoms with van der Waals surface area (Å²) >= 11 is 0. The molecule has 0 fully saturated rings. The molecule has 0 bridgehead atoms. The maximum atomic E-state index is 12.5. The van der Waals surface area contributed by atoms with Crippen LogP contribution in [-0.4, -0.2) is 22.2 Å². The number of rotatable bonds is 7. The van der Waals surface area contributed by atoms with E-state index in [1.54, 1.807) is 6.92 Å². The number of benzene rings is 3. The number of nitrogens with zero attached hydrogens (tertiary/aromatic N) is 1. The lowest BCUT2D eigenvalue weighted by molar-refractivity contribution is -0.122. The number of fused-ring (bicyclic) bond motifs is 1. The number of aromatic amines is 1. The standard InChI is InChI=1S/C23H21N3O3/c1-16(29-18-10-6-3-7-11-18)23(27)24-22-20-14-19(12-13-21(20)25-26-22)28-15-17-8-4-2-5-9-17/h2-14,16H,15H2,1H3,(H2,24,25,26,27). The largest absolute Gasteiger partial charge is 0.489 e. The van der Waals surface area contributed by atoms with E-state index in [2.05, 4.69) is 15.5 Å². The normalized spacial score (nSPS) is 11.8. The van der Waals surface area contributed by atoms with Crippen molar-refractivity contribution < 1.29 is 14.3 Å². The summed E-state index contributed by atoms with van der Waals surface area (Å²) in [6.45, 7) is 2.17. The van der Waals surface area contributed by atoms with Crippen LogP contribution in [0.1, 0.15) is 12.5 Å². The van der Waals surface area contributed by atoms with Gasteiger partial charge in [-0.1, -0.05) is 48.5 Å². The van der Waals surface area contributed by atoms with Crippen molar-refractivity contribution in [2.45, 2.75) is 19.6 Å². The van der Waals surface area contributed by atoms with Crippen LogP contribution < -0.4 is 14.8 Å². The Bertz CT molecular complexity index is 1090. The number of carbonyl (C=O) groups is 1. The Labute approximate surface area is 168 Å². The Morgan fingerprint density at radius 2 is 1.72 bits per heavy atom. The van der Waals surface area contributed by atoms with Crippen LogP contribution in [0.4, 0.5) is 5.82 Å². The van der Waals surface area contributed by atoms with E-state index >= 15 is 0 Å². The van der Waals surface area contributed by atoms with Gasteiger partial charge >= 0.3 is 0 Å². The topological polar surface area (TPSA) is 76.2 Å². The molecule has 6 heteroatoms. The van der Waals surface area contributed by atoms with Gasteiger partial charge in [0.15, 0.2) is 11.9 Å². The summed E-state index contributed by atoms with van der Waals surface area (Å²) in [4.78, 5) is 12.5. The number of anilines is 1. The van der Waals surface area contributed by atoms with Crippen molar-refractivity contribution >= 4 is 22.6 Å². The zero-order valence-corrected chi connectivity index (χ0v) is 16.0. The lowest BCUT2D eigenvalue weighted by atomic mass is 10.2. The highest BCUT2D eigenvalue weighted by atomic mass is 16.5. The number of para-hydroxylation sites is 1. The van der Waals surface area contributed by atoms with Crippen LogP contribution in [0.3, 0.4) is 0 Å². The first-order valence-corrected chi connectivity index (χ1v) is 9.36. The Kier molecular flexibility index (Phi) is 5.42. The molecule has 4 rings (SSSR count). The van der Waals surface area contributed by atoms with Crippen molar-refractivity contribution in [2.75, 3.05) is 5.32 Å².